The van der Waals surface area contributed by atoms with Gasteiger partial charge in [-0.15, -0.1) is 11.3 Å². The summed E-state index contributed by atoms with van der Waals surface area (Å²) in [6.45, 7) is 1.66. The van der Waals surface area contributed by atoms with Crippen LogP contribution in [0.5, 0.6) is 0 Å². The lowest BCUT2D eigenvalue weighted by Crippen LogP contribution is -2.27. The summed E-state index contributed by atoms with van der Waals surface area (Å²) in [5.41, 5.74) is 5.57. The topological polar surface area (TPSA) is 85.1 Å². The first-order valence-corrected chi connectivity index (χ1v) is 7.73. The van der Waals surface area contributed by atoms with Crippen molar-refractivity contribution in [1.82, 2.24) is 9.71 Å². The first-order valence-electron chi connectivity index (χ1n) is 5.37. The minimum Gasteiger partial charge on any atom is -0.398 e. The molecule has 102 valence electrons. The molecule has 0 bridgehead atoms. The highest BCUT2D eigenvalue weighted by Crippen LogP contribution is 2.22. The van der Waals surface area contributed by atoms with Crippen LogP contribution in [0.25, 0.3) is 0 Å². The standard InChI is InChI=1S/C11H12FN3O2S2/c1-7(11-14-4-5-18-11)15-19(16,17)10-6-8(12)2-3-9(10)13/h2-7,15H,13H2,1H3. The molecule has 2 aromatic rings. The highest BCUT2D eigenvalue weighted by Gasteiger charge is 2.22. The van der Waals surface area contributed by atoms with Crippen LogP contribution >= 0.6 is 11.3 Å². The van der Waals surface area contributed by atoms with Gasteiger partial charge in [-0.25, -0.2) is 22.5 Å². The molecule has 1 unspecified atom stereocenters. The van der Waals surface area contributed by atoms with Crippen LogP contribution in [0.3, 0.4) is 0 Å². The lowest BCUT2D eigenvalue weighted by molar-refractivity contribution is 0.564. The Hall–Kier alpha value is -1.51. The van der Waals surface area contributed by atoms with E-state index in [0.29, 0.717) is 5.01 Å². The summed E-state index contributed by atoms with van der Waals surface area (Å²) in [7, 11) is -3.89. The van der Waals surface area contributed by atoms with Crippen molar-refractivity contribution >= 4 is 27.0 Å². The van der Waals surface area contributed by atoms with Crippen LogP contribution in [0.15, 0.2) is 34.7 Å². The maximum atomic E-state index is 13.1. The van der Waals surface area contributed by atoms with Crippen molar-refractivity contribution in [3.63, 3.8) is 0 Å². The van der Waals surface area contributed by atoms with Crippen molar-refractivity contribution in [2.45, 2.75) is 17.9 Å². The number of sulfonamides is 1. The number of benzene rings is 1. The molecule has 1 aromatic carbocycles. The zero-order valence-corrected chi connectivity index (χ0v) is 11.6. The highest BCUT2D eigenvalue weighted by atomic mass is 32.2. The second kappa shape index (κ2) is 5.24. The molecule has 19 heavy (non-hydrogen) atoms. The third-order valence-corrected chi connectivity index (χ3v) is 4.97. The van der Waals surface area contributed by atoms with E-state index in [4.69, 9.17) is 5.73 Å². The van der Waals surface area contributed by atoms with Crippen molar-refractivity contribution in [3.8, 4) is 0 Å². The van der Waals surface area contributed by atoms with E-state index in [9.17, 15) is 12.8 Å². The van der Waals surface area contributed by atoms with Crippen molar-refractivity contribution in [1.29, 1.82) is 0 Å². The fourth-order valence-corrected chi connectivity index (χ4v) is 3.61. The Balaban J connectivity index is 2.30. The third kappa shape index (κ3) is 3.09. The third-order valence-electron chi connectivity index (χ3n) is 2.42. The monoisotopic (exact) mass is 301 g/mol. The smallest absolute Gasteiger partial charge is 0.243 e. The van der Waals surface area contributed by atoms with Crippen LogP contribution in [0.1, 0.15) is 18.0 Å². The number of aromatic nitrogens is 1. The van der Waals surface area contributed by atoms with Crippen molar-refractivity contribution < 1.29 is 12.8 Å². The molecule has 0 radical (unpaired) electrons. The van der Waals surface area contributed by atoms with Crippen LogP contribution in [0, 0.1) is 5.82 Å². The Morgan fingerprint density at radius 2 is 2.21 bits per heavy atom. The molecule has 0 aliphatic rings. The fraction of sp³-hybridized carbons (Fsp3) is 0.182. The number of halogens is 1. The van der Waals surface area contributed by atoms with Gasteiger partial charge in [-0.1, -0.05) is 0 Å². The van der Waals surface area contributed by atoms with Crippen LogP contribution in [-0.4, -0.2) is 13.4 Å². The van der Waals surface area contributed by atoms with E-state index in [0.717, 1.165) is 12.1 Å². The molecule has 0 saturated carbocycles. The number of hydrogen-bond acceptors (Lipinski definition) is 5. The zero-order chi connectivity index (χ0) is 14.0. The Labute approximate surface area is 114 Å². The summed E-state index contributed by atoms with van der Waals surface area (Å²) < 4.78 is 39.8. The van der Waals surface area contributed by atoms with Crippen LogP contribution in [0.4, 0.5) is 10.1 Å². The number of nitrogens with two attached hydrogens (primary N) is 1. The Bertz CT molecular complexity index is 671. The summed E-state index contributed by atoms with van der Waals surface area (Å²) in [4.78, 5) is 3.75. The van der Waals surface area contributed by atoms with Gasteiger partial charge in [0.15, 0.2) is 0 Å². The molecular formula is C11H12FN3O2S2. The van der Waals surface area contributed by atoms with Gasteiger partial charge in [-0.2, -0.15) is 0 Å². The van der Waals surface area contributed by atoms with Gasteiger partial charge < -0.3 is 5.73 Å². The molecule has 1 heterocycles. The molecule has 1 aromatic heterocycles. The van der Waals surface area contributed by atoms with Gasteiger partial charge in [-0.3, -0.25) is 0 Å². The van der Waals surface area contributed by atoms with E-state index >= 15 is 0 Å². The number of hydrogen-bond donors (Lipinski definition) is 2. The first-order chi connectivity index (χ1) is 8.90. The van der Waals surface area contributed by atoms with E-state index in [1.165, 1.54) is 17.4 Å². The number of rotatable bonds is 4. The average molecular weight is 301 g/mol. The van der Waals surface area contributed by atoms with Crippen molar-refractivity contribution in [2.75, 3.05) is 5.73 Å². The van der Waals surface area contributed by atoms with Crippen LogP contribution < -0.4 is 10.5 Å². The molecule has 0 aliphatic heterocycles. The van der Waals surface area contributed by atoms with Crippen molar-refractivity contribution in [3.05, 3.63) is 40.6 Å². The molecule has 3 N–H and O–H groups in total. The summed E-state index contributed by atoms with van der Waals surface area (Å²) in [6, 6.07) is 2.72. The Morgan fingerprint density at radius 1 is 1.47 bits per heavy atom. The van der Waals surface area contributed by atoms with Gasteiger partial charge in [0.2, 0.25) is 10.0 Å². The predicted molar refractivity (Wildman–Crippen MR) is 71.7 cm³/mol. The first kappa shape index (κ1) is 13.9. The number of nitrogen functional groups attached to an aromatic ring is 1. The number of anilines is 1. The molecule has 5 nitrogen and oxygen atoms in total. The molecule has 2 rings (SSSR count). The summed E-state index contributed by atoms with van der Waals surface area (Å²) >= 11 is 1.33. The Kier molecular flexibility index (Phi) is 3.83. The average Bonchev–Trinajstić information content (AvgIpc) is 2.85. The maximum Gasteiger partial charge on any atom is 0.243 e. The lowest BCUT2D eigenvalue weighted by atomic mass is 10.3. The molecule has 1 atom stereocenters. The molecule has 8 heteroatoms. The second-order valence-corrected chi connectivity index (χ2v) is 6.50. The maximum absolute atomic E-state index is 13.1. The fourth-order valence-electron chi connectivity index (χ4n) is 1.54. The molecule has 0 amide bonds. The molecule has 0 saturated heterocycles. The van der Waals surface area contributed by atoms with Crippen molar-refractivity contribution in [2.24, 2.45) is 0 Å². The minimum absolute atomic E-state index is 0.000221. The summed E-state index contributed by atoms with van der Waals surface area (Å²) in [6.07, 6.45) is 1.58. The predicted octanol–water partition coefficient (Wildman–Crippen LogP) is 1.90. The summed E-state index contributed by atoms with van der Waals surface area (Å²) in [5, 5.41) is 2.37. The quantitative estimate of drug-likeness (QED) is 0.845. The number of nitrogens with zero attached hydrogens (tertiary/aromatic N) is 1. The highest BCUT2D eigenvalue weighted by molar-refractivity contribution is 7.89. The number of thiazole rings is 1. The van der Waals surface area contributed by atoms with E-state index in [-0.39, 0.29) is 10.6 Å². The molecule has 0 fully saturated rings. The normalized spacial score (nSPS) is 13.4. The van der Waals surface area contributed by atoms with E-state index in [1.54, 1.807) is 18.5 Å². The number of nitrogens with one attached hydrogen (secondary N) is 1. The second-order valence-electron chi connectivity index (χ2n) is 3.90. The molecule has 0 aliphatic carbocycles. The summed E-state index contributed by atoms with van der Waals surface area (Å²) in [5.74, 6) is -0.656. The largest absolute Gasteiger partial charge is 0.398 e. The van der Waals surface area contributed by atoms with Gasteiger partial charge in [0, 0.05) is 11.6 Å². The van der Waals surface area contributed by atoms with E-state index in [1.807, 2.05) is 0 Å². The van der Waals surface area contributed by atoms with Gasteiger partial charge in [0.05, 0.1) is 11.7 Å². The SMILES string of the molecule is CC(NS(=O)(=O)c1cc(F)ccc1N)c1nccs1. The van der Waals surface area contributed by atoms with Crippen LogP contribution in [-0.2, 0) is 10.0 Å². The van der Waals surface area contributed by atoms with E-state index in [2.05, 4.69) is 9.71 Å². The minimum atomic E-state index is -3.89. The zero-order valence-electron chi connectivity index (χ0n) is 10.00. The molecule has 0 spiro atoms. The molecular weight excluding hydrogens is 289 g/mol. The van der Waals surface area contributed by atoms with Gasteiger partial charge in [-0.05, 0) is 25.1 Å². The van der Waals surface area contributed by atoms with E-state index < -0.39 is 21.9 Å². The van der Waals surface area contributed by atoms with Crippen LogP contribution in [0.2, 0.25) is 0 Å². The van der Waals surface area contributed by atoms with Gasteiger partial charge in [0.1, 0.15) is 15.7 Å². The lowest BCUT2D eigenvalue weighted by Gasteiger charge is -2.13. The van der Waals surface area contributed by atoms with Gasteiger partial charge in [0.25, 0.3) is 0 Å². The Morgan fingerprint density at radius 3 is 2.84 bits per heavy atom. The van der Waals surface area contributed by atoms with Gasteiger partial charge >= 0.3 is 0 Å².